The predicted octanol–water partition coefficient (Wildman–Crippen LogP) is -0.229. The van der Waals surface area contributed by atoms with E-state index in [-0.39, 0.29) is 13.2 Å². The van der Waals surface area contributed by atoms with Crippen LogP contribution in [0, 0.1) is 0 Å². The minimum atomic E-state index is -0.873. The van der Waals surface area contributed by atoms with E-state index in [1.807, 2.05) is 6.92 Å². The van der Waals surface area contributed by atoms with E-state index >= 15 is 0 Å². The predicted molar refractivity (Wildman–Crippen MR) is 50.0 cm³/mol. The first kappa shape index (κ1) is 10.9. The molecule has 78 valence electrons. The van der Waals surface area contributed by atoms with Gasteiger partial charge in [0.15, 0.2) is 0 Å². The van der Waals surface area contributed by atoms with Gasteiger partial charge in [-0.1, -0.05) is 6.92 Å². The fraction of sp³-hybridized carbons (Fsp3) is 0.556. The van der Waals surface area contributed by atoms with Crippen molar-refractivity contribution in [2.75, 3.05) is 13.2 Å². The average Bonchev–Trinajstić information content (AvgIpc) is 2.26. The summed E-state index contributed by atoms with van der Waals surface area (Å²) < 4.78 is 5.12. The Kier molecular flexibility index (Phi) is 4.28. The van der Waals surface area contributed by atoms with Gasteiger partial charge in [-0.2, -0.15) is 0 Å². The highest BCUT2D eigenvalue weighted by Gasteiger charge is 2.04. The molecule has 0 aliphatic carbocycles. The molecule has 0 amide bonds. The number of hydrogen-bond acceptors (Lipinski definition) is 5. The SMILES string of the molecule is CCc1cncc(OC[C@H](O)CO)n1. The molecular formula is C9H14N2O3. The zero-order valence-corrected chi connectivity index (χ0v) is 8.05. The Balaban J connectivity index is 2.50. The molecule has 1 rings (SSSR count). The molecule has 0 aliphatic rings. The molecule has 1 heterocycles. The first-order chi connectivity index (χ1) is 6.76. The Labute approximate surface area is 82.4 Å². The largest absolute Gasteiger partial charge is 0.474 e. The molecule has 0 radical (unpaired) electrons. The van der Waals surface area contributed by atoms with Crippen LogP contribution in [0.5, 0.6) is 5.88 Å². The van der Waals surface area contributed by atoms with E-state index in [2.05, 4.69) is 9.97 Å². The van der Waals surface area contributed by atoms with Crippen molar-refractivity contribution < 1.29 is 14.9 Å². The maximum absolute atomic E-state index is 9.02. The van der Waals surface area contributed by atoms with Crippen molar-refractivity contribution in [1.29, 1.82) is 0 Å². The lowest BCUT2D eigenvalue weighted by atomic mass is 10.3. The van der Waals surface area contributed by atoms with Crippen LogP contribution >= 0.6 is 0 Å². The van der Waals surface area contributed by atoms with E-state index in [0.717, 1.165) is 12.1 Å². The molecule has 0 unspecified atom stereocenters. The van der Waals surface area contributed by atoms with Gasteiger partial charge in [-0.25, -0.2) is 4.98 Å². The van der Waals surface area contributed by atoms with Gasteiger partial charge in [0.05, 0.1) is 18.5 Å². The molecular weight excluding hydrogens is 184 g/mol. The molecule has 1 aromatic rings. The third-order valence-corrected chi connectivity index (χ3v) is 1.66. The molecule has 0 fully saturated rings. The lowest BCUT2D eigenvalue weighted by Gasteiger charge is -2.08. The van der Waals surface area contributed by atoms with Gasteiger partial charge in [-0.3, -0.25) is 4.98 Å². The van der Waals surface area contributed by atoms with Crippen molar-refractivity contribution in [3.63, 3.8) is 0 Å². The second-order valence-electron chi connectivity index (χ2n) is 2.85. The second kappa shape index (κ2) is 5.51. The maximum Gasteiger partial charge on any atom is 0.232 e. The zero-order valence-electron chi connectivity index (χ0n) is 8.05. The Hall–Kier alpha value is -1.20. The summed E-state index contributed by atoms with van der Waals surface area (Å²) in [6.07, 6.45) is 3.05. The van der Waals surface area contributed by atoms with E-state index < -0.39 is 6.10 Å². The molecule has 1 atom stereocenters. The van der Waals surface area contributed by atoms with Crippen molar-refractivity contribution in [2.45, 2.75) is 19.4 Å². The van der Waals surface area contributed by atoms with E-state index in [9.17, 15) is 0 Å². The van der Waals surface area contributed by atoms with Crippen LogP contribution in [0.25, 0.3) is 0 Å². The zero-order chi connectivity index (χ0) is 10.4. The van der Waals surface area contributed by atoms with E-state index in [1.165, 1.54) is 6.20 Å². The Morgan fingerprint density at radius 3 is 2.93 bits per heavy atom. The molecule has 1 aromatic heterocycles. The van der Waals surface area contributed by atoms with Crippen LogP contribution in [-0.4, -0.2) is 39.5 Å². The van der Waals surface area contributed by atoms with Gasteiger partial charge in [-0.05, 0) is 6.42 Å². The van der Waals surface area contributed by atoms with E-state index in [0.29, 0.717) is 5.88 Å². The number of ether oxygens (including phenoxy) is 1. The van der Waals surface area contributed by atoms with E-state index in [1.54, 1.807) is 6.20 Å². The molecule has 0 spiro atoms. The second-order valence-corrected chi connectivity index (χ2v) is 2.85. The third kappa shape index (κ3) is 3.27. The summed E-state index contributed by atoms with van der Waals surface area (Å²) in [6, 6.07) is 0. The molecule has 0 saturated carbocycles. The van der Waals surface area contributed by atoms with Crippen molar-refractivity contribution in [3.8, 4) is 5.88 Å². The third-order valence-electron chi connectivity index (χ3n) is 1.66. The molecule has 14 heavy (non-hydrogen) atoms. The number of aliphatic hydroxyl groups is 2. The summed E-state index contributed by atoms with van der Waals surface area (Å²) in [5, 5.41) is 17.6. The Morgan fingerprint density at radius 1 is 1.50 bits per heavy atom. The van der Waals surface area contributed by atoms with Crippen LogP contribution in [0.4, 0.5) is 0 Å². The van der Waals surface area contributed by atoms with Crippen LogP contribution < -0.4 is 4.74 Å². The molecule has 0 aliphatic heterocycles. The minimum absolute atomic E-state index is 0.0261. The standard InChI is InChI=1S/C9H14N2O3/c1-2-7-3-10-4-9(11-7)14-6-8(13)5-12/h3-4,8,12-13H,2,5-6H2,1H3/t8-/m1/s1. The highest BCUT2D eigenvalue weighted by atomic mass is 16.5. The van der Waals surface area contributed by atoms with Crippen LogP contribution in [0.1, 0.15) is 12.6 Å². The monoisotopic (exact) mass is 198 g/mol. The van der Waals surface area contributed by atoms with Crippen LogP contribution in [0.15, 0.2) is 12.4 Å². The smallest absolute Gasteiger partial charge is 0.232 e. The molecule has 0 aromatic carbocycles. The highest BCUT2D eigenvalue weighted by Crippen LogP contribution is 2.05. The Bertz CT molecular complexity index is 281. The summed E-state index contributed by atoms with van der Waals surface area (Å²) in [4.78, 5) is 8.05. The van der Waals surface area contributed by atoms with Gasteiger partial charge in [0.2, 0.25) is 5.88 Å². The molecule has 5 nitrogen and oxygen atoms in total. The van der Waals surface area contributed by atoms with Crippen LogP contribution in [0.3, 0.4) is 0 Å². The molecule has 5 heteroatoms. The van der Waals surface area contributed by atoms with Crippen molar-refractivity contribution in [1.82, 2.24) is 9.97 Å². The molecule has 0 saturated heterocycles. The minimum Gasteiger partial charge on any atom is -0.474 e. The van der Waals surface area contributed by atoms with Crippen molar-refractivity contribution in [3.05, 3.63) is 18.1 Å². The fourth-order valence-electron chi connectivity index (χ4n) is 0.861. The number of aliphatic hydroxyl groups excluding tert-OH is 2. The number of rotatable bonds is 5. The summed E-state index contributed by atoms with van der Waals surface area (Å²) in [5.41, 5.74) is 0.834. The number of aromatic nitrogens is 2. The molecule has 2 N–H and O–H groups in total. The summed E-state index contributed by atoms with van der Waals surface area (Å²) in [6.45, 7) is 1.68. The Morgan fingerprint density at radius 2 is 2.29 bits per heavy atom. The fourth-order valence-corrected chi connectivity index (χ4v) is 0.861. The number of aryl methyl sites for hydroxylation is 1. The number of nitrogens with zero attached hydrogens (tertiary/aromatic N) is 2. The molecule has 0 bridgehead atoms. The number of hydrogen-bond donors (Lipinski definition) is 2. The normalized spacial score (nSPS) is 12.5. The lowest BCUT2D eigenvalue weighted by molar-refractivity contribution is 0.0519. The summed E-state index contributed by atoms with van der Waals surface area (Å²) in [7, 11) is 0. The summed E-state index contributed by atoms with van der Waals surface area (Å²) in [5.74, 6) is 0.372. The van der Waals surface area contributed by atoms with Crippen LogP contribution in [-0.2, 0) is 6.42 Å². The quantitative estimate of drug-likeness (QED) is 0.683. The van der Waals surface area contributed by atoms with Gasteiger partial charge < -0.3 is 14.9 Å². The first-order valence-electron chi connectivity index (χ1n) is 4.49. The summed E-state index contributed by atoms with van der Waals surface area (Å²) >= 11 is 0. The van der Waals surface area contributed by atoms with Gasteiger partial charge >= 0.3 is 0 Å². The van der Waals surface area contributed by atoms with Gasteiger partial charge in [-0.15, -0.1) is 0 Å². The maximum atomic E-state index is 9.02. The van der Waals surface area contributed by atoms with Crippen LogP contribution in [0.2, 0.25) is 0 Å². The van der Waals surface area contributed by atoms with Gasteiger partial charge in [0.1, 0.15) is 12.7 Å². The van der Waals surface area contributed by atoms with E-state index in [4.69, 9.17) is 14.9 Å². The highest BCUT2D eigenvalue weighted by molar-refractivity contribution is 5.08. The first-order valence-corrected chi connectivity index (χ1v) is 4.49. The van der Waals surface area contributed by atoms with Crippen molar-refractivity contribution in [2.24, 2.45) is 0 Å². The topological polar surface area (TPSA) is 75.5 Å². The average molecular weight is 198 g/mol. The van der Waals surface area contributed by atoms with Gasteiger partial charge in [0.25, 0.3) is 0 Å². The lowest BCUT2D eigenvalue weighted by Crippen LogP contribution is -2.21. The van der Waals surface area contributed by atoms with Gasteiger partial charge in [0, 0.05) is 6.20 Å². The van der Waals surface area contributed by atoms with Crippen molar-refractivity contribution >= 4 is 0 Å².